The van der Waals surface area contributed by atoms with Crippen molar-refractivity contribution in [1.82, 2.24) is 15.2 Å². The quantitative estimate of drug-likeness (QED) is 0.746. The molecule has 0 aliphatic heterocycles. The highest BCUT2D eigenvalue weighted by molar-refractivity contribution is 6.28. The molecule has 0 fully saturated rings. The van der Waals surface area contributed by atoms with Crippen LogP contribution < -0.4 is 5.32 Å². The van der Waals surface area contributed by atoms with Gasteiger partial charge in [0.15, 0.2) is 0 Å². The van der Waals surface area contributed by atoms with Gasteiger partial charge in [-0.2, -0.15) is 10.1 Å². The number of hydrogen-bond acceptors (Lipinski definition) is 4. The number of halogens is 1. The summed E-state index contributed by atoms with van der Waals surface area (Å²) in [6, 6.07) is 0.393. The van der Waals surface area contributed by atoms with Crippen molar-refractivity contribution < 1.29 is 0 Å². The predicted molar refractivity (Wildman–Crippen MR) is 66.7 cm³/mol. The molecule has 0 aromatic carbocycles. The minimum Gasteiger partial charge on any atom is -0.366 e. The second-order valence-corrected chi connectivity index (χ2v) is 4.34. The van der Waals surface area contributed by atoms with Crippen molar-refractivity contribution in [2.75, 3.05) is 5.32 Å². The molecule has 1 N–H and O–H groups in total. The first kappa shape index (κ1) is 13.2. The van der Waals surface area contributed by atoms with Crippen LogP contribution in [0, 0.1) is 0 Å². The van der Waals surface area contributed by atoms with Gasteiger partial charge in [0.05, 0.1) is 6.20 Å². The Morgan fingerprint density at radius 3 is 2.88 bits per heavy atom. The van der Waals surface area contributed by atoms with Crippen LogP contribution in [0.4, 0.5) is 5.82 Å². The summed E-state index contributed by atoms with van der Waals surface area (Å²) in [6.07, 6.45) is 7.86. The Morgan fingerprint density at radius 1 is 1.38 bits per heavy atom. The number of unbranched alkanes of at least 4 members (excludes halogenated alkanes) is 3. The molecule has 1 aromatic heterocycles. The monoisotopic (exact) mass is 242 g/mol. The van der Waals surface area contributed by atoms with Crippen LogP contribution in [-0.4, -0.2) is 21.2 Å². The Bertz CT molecular complexity index is 306. The van der Waals surface area contributed by atoms with E-state index in [1.54, 1.807) is 6.20 Å². The van der Waals surface area contributed by atoms with Crippen LogP contribution in [-0.2, 0) is 0 Å². The van der Waals surface area contributed by atoms with E-state index in [0.717, 1.165) is 6.42 Å². The van der Waals surface area contributed by atoms with Crippen molar-refractivity contribution >= 4 is 17.4 Å². The summed E-state index contributed by atoms with van der Waals surface area (Å²) >= 11 is 5.65. The standard InChI is InChI=1S/C11H19ClN4/c1-3-4-5-6-7-9(2)14-10-8-13-16-11(12)15-10/h8-9H,3-7H2,1-2H3,(H,14,15,16). The second kappa shape index (κ2) is 7.39. The molecule has 1 atom stereocenters. The van der Waals surface area contributed by atoms with E-state index >= 15 is 0 Å². The second-order valence-electron chi connectivity index (χ2n) is 4.01. The SMILES string of the molecule is CCCCCCC(C)Nc1cnnc(Cl)n1. The highest BCUT2D eigenvalue weighted by Crippen LogP contribution is 2.10. The van der Waals surface area contributed by atoms with Gasteiger partial charge in [-0.15, -0.1) is 5.10 Å². The Balaban J connectivity index is 2.25. The number of rotatable bonds is 7. The van der Waals surface area contributed by atoms with E-state index in [1.165, 1.54) is 25.7 Å². The normalized spacial score (nSPS) is 12.4. The lowest BCUT2D eigenvalue weighted by atomic mass is 10.1. The molecule has 0 saturated carbocycles. The fraction of sp³-hybridized carbons (Fsp3) is 0.727. The smallest absolute Gasteiger partial charge is 0.244 e. The van der Waals surface area contributed by atoms with E-state index in [-0.39, 0.29) is 5.28 Å². The van der Waals surface area contributed by atoms with Crippen molar-refractivity contribution in [2.24, 2.45) is 0 Å². The summed E-state index contributed by atoms with van der Waals surface area (Å²) in [7, 11) is 0. The number of anilines is 1. The zero-order chi connectivity index (χ0) is 11.8. The maximum Gasteiger partial charge on any atom is 0.244 e. The van der Waals surface area contributed by atoms with Gasteiger partial charge in [-0.1, -0.05) is 32.6 Å². The van der Waals surface area contributed by atoms with E-state index in [4.69, 9.17) is 11.6 Å². The lowest BCUT2D eigenvalue weighted by molar-refractivity contribution is 0.592. The molecule has 1 unspecified atom stereocenters. The van der Waals surface area contributed by atoms with Gasteiger partial charge < -0.3 is 5.32 Å². The molecule has 0 bridgehead atoms. The zero-order valence-electron chi connectivity index (χ0n) is 9.91. The maximum atomic E-state index is 5.65. The fourth-order valence-electron chi connectivity index (χ4n) is 1.55. The van der Waals surface area contributed by atoms with Gasteiger partial charge in [-0.05, 0) is 24.9 Å². The molecule has 0 spiro atoms. The summed E-state index contributed by atoms with van der Waals surface area (Å²) in [5, 5.41) is 10.8. The van der Waals surface area contributed by atoms with Crippen molar-refractivity contribution in [1.29, 1.82) is 0 Å². The third kappa shape index (κ3) is 5.26. The first-order chi connectivity index (χ1) is 7.72. The lowest BCUT2D eigenvalue weighted by Crippen LogP contribution is -2.16. The number of aromatic nitrogens is 3. The van der Waals surface area contributed by atoms with Crippen molar-refractivity contribution in [3.05, 3.63) is 11.5 Å². The molecule has 1 heterocycles. The highest BCUT2D eigenvalue weighted by Gasteiger charge is 2.03. The third-order valence-electron chi connectivity index (χ3n) is 2.42. The van der Waals surface area contributed by atoms with E-state index < -0.39 is 0 Å². The Labute approximate surface area is 102 Å². The van der Waals surface area contributed by atoms with Gasteiger partial charge in [0.25, 0.3) is 0 Å². The minimum absolute atomic E-state index is 0.184. The van der Waals surface area contributed by atoms with Gasteiger partial charge in [-0.25, -0.2) is 0 Å². The van der Waals surface area contributed by atoms with Crippen molar-refractivity contribution in [3.63, 3.8) is 0 Å². The number of nitrogens with zero attached hydrogens (tertiary/aromatic N) is 3. The van der Waals surface area contributed by atoms with Gasteiger partial charge >= 0.3 is 0 Å². The van der Waals surface area contributed by atoms with Crippen LogP contribution in [0.5, 0.6) is 0 Å². The average molecular weight is 243 g/mol. The highest BCUT2D eigenvalue weighted by atomic mass is 35.5. The molecule has 5 heteroatoms. The molecule has 0 aliphatic rings. The molecular weight excluding hydrogens is 224 g/mol. The van der Waals surface area contributed by atoms with Gasteiger partial charge in [-0.3, -0.25) is 0 Å². The largest absolute Gasteiger partial charge is 0.366 e. The van der Waals surface area contributed by atoms with Crippen LogP contribution in [0.2, 0.25) is 5.28 Å². The van der Waals surface area contributed by atoms with E-state index in [0.29, 0.717) is 11.9 Å². The van der Waals surface area contributed by atoms with Crippen molar-refractivity contribution in [3.8, 4) is 0 Å². The Kier molecular flexibility index (Phi) is 6.08. The van der Waals surface area contributed by atoms with Crippen LogP contribution in [0.3, 0.4) is 0 Å². The molecule has 1 aromatic rings. The van der Waals surface area contributed by atoms with E-state index in [1.807, 2.05) is 0 Å². The summed E-state index contributed by atoms with van der Waals surface area (Å²) in [4.78, 5) is 4.04. The molecule has 0 amide bonds. The molecule has 0 aliphatic carbocycles. The topological polar surface area (TPSA) is 50.7 Å². The van der Waals surface area contributed by atoms with Crippen LogP contribution >= 0.6 is 11.6 Å². The van der Waals surface area contributed by atoms with Gasteiger partial charge in [0.2, 0.25) is 5.28 Å². The predicted octanol–water partition coefficient (Wildman–Crippen LogP) is 3.30. The maximum absolute atomic E-state index is 5.65. The first-order valence-corrected chi connectivity index (χ1v) is 6.22. The summed E-state index contributed by atoms with van der Waals surface area (Å²) < 4.78 is 0. The summed E-state index contributed by atoms with van der Waals surface area (Å²) in [6.45, 7) is 4.36. The zero-order valence-corrected chi connectivity index (χ0v) is 10.7. The van der Waals surface area contributed by atoms with Gasteiger partial charge in [0.1, 0.15) is 5.82 Å². The molecule has 0 saturated heterocycles. The summed E-state index contributed by atoms with van der Waals surface area (Å²) in [5.41, 5.74) is 0. The third-order valence-corrected chi connectivity index (χ3v) is 2.58. The van der Waals surface area contributed by atoms with Crippen LogP contribution in [0.15, 0.2) is 6.20 Å². The first-order valence-electron chi connectivity index (χ1n) is 5.84. The minimum atomic E-state index is 0.184. The fourth-order valence-corrected chi connectivity index (χ4v) is 1.69. The Hall–Kier alpha value is -0.900. The molecule has 0 radical (unpaired) electrons. The van der Waals surface area contributed by atoms with Crippen molar-refractivity contribution in [2.45, 2.75) is 52.0 Å². The number of nitrogens with one attached hydrogen (secondary N) is 1. The number of hydrogen-bond donors (Lipinski definition) is 1. The van der Waals surface area contributed by atoms with E-state index in [2.05, 4.69) is 34.3 Å². The van der Waals surface area contributed by atoms with E-state index in [9.17, 15) is 0 Å². The Morgan fingerprint density at radius 2 is 2.19 bits per heavy atom. The molecule has 16 heavy (non-hydrogen) atoms. The molecule has 4 nitrogen and oxygen atoms in total. The van der Waals surface area contributed by atoms with Crippen LogP contribution in [0.1, 0.15) is 46.0 Å². The average Bonchev–Trinajstić information content (AvgIpc) is 2.24. The van der Waals surface area contributed by atoms with Gasteiger partial charge in [0, 0.05) is 6.04 Å². The molecule has 1 rings (SSSR count). The summed E-state index contributed by atoms with van der Waals surface area (Å²) in [5.74, 6) is 0.697. The molecular formula is C11H19ClN4. The molecule has 90 valence electrons. The van der Waals surface area contributed by atoms with Crippen LogP contribution in [0.25, 0.3) is 0 Å². The lowest BCUT2D eigenvalue weighted by Gasteiger charge is -2.13.